The summed E-state index contributed by atoms with van der Waals surface area (Å²) in [6.07, 6.45) is 0. The zero-order chi connectivity index (χ0) is 12.3. The molecule has 1 aromatic rings. The highest BCUT2D eigenvalue weighted by atomic mass is 16.5. The van der Waals surface area contributed by atoms with Crippen molar-refractivity contribution in [3.63, 3.8) is 0 Å². The van der Waals surface area contributed by atoms with E-state index in [0.717, 1.165) is 5.56 Å². The van der Waals surface area contributed by atoms with Gasteiger partial charge in [0.15, 0.2) is 17.1 Å². The first-order valence-electron chi connectivity index (χ1n) is 4.94. The summed E-state index contributed by atoms with van der Waals surface area (Å²) >= 11 is 0. The molecule has 1 rings (SSSR count). The molecule has 0 aliphatic carbocycles. The first-order valence-corrected chi connectivity index (χ1v) is 4.94. The lowest BCUT2D eigenvalue weighted by molar-refractivity contribution is -0.152. The Morgan fingerprint density at radius 1 is 1.31 bits per heavy atom. The summed E-state index contributed by atoms with van der Waals surface area (Å²) in [5, 5.41) is 8.95. The number of carbonyl (C=O) groups is 1. The van der Waals surface area contributed by atoms with Crippen molar-refractivity contribution in [2.24, 2.45) is 0 Å². The van der Waals surface area contributed by atoms with Crippen molar-refractivity contribution in [3.05, 3.63) is 23.8 Å². The van der Waals surface area contributed by atoms with Crippen molar-refractivity contribution in [1.82, 2.24) is 0 Å². The van der Waals surface area contributed by atoms with Gasteiger partial charge in [-0.15, -0.1) is 0 Å². The summed E-state index contributed by atoms with van der Waals surface area (Å²) in [7, 11) is 1.52. The second-order valence-corrected chi connectivity index (χ2v) is 4.07. The minimum absolute atomic E-state index is 0.431. The van der Waals surface area contributed by atoms with E-state index in [1.54, 1.807) is 12.1 Å². The molecule has 0 heterocycles. The number of benzene rings is 1. The number of carboxylic acid groups (broad SMARTS) is 1. The fourth-order valence-corrected chi connectivity index (χ4v) is 1.18. The molecular formula is C12H16O4. The van der Waals surface area contributed by atoms with Gasteiger partial charge in [-0.3, -0.25) is 0 Å². The highest BCUT2D eigenvalue weighted by Crippen LogP contribution is 2.30. The normalized spacial score (nSPS) is 11.0. The summed E-state index contributed by atoms with van der Waals surface area (Å²) in [4.78, 5) is 10.9. The molecule has 1 N–H and O–H groups in total. The molecule has 1 aromatic carbocycles. The standard InChI is InChI=1S/C12H16O4/c1-8-5-6-9(10(7-8)15-4)16-12(2,3)11(13)14/h5-7H,1-4H3,(H,13,14). The maximum absolute atomic E-state index is 10.9. The van der Waals surface area contributed by atoms with Gasteiger partial charge < -0.3 is 14.6 Å². The van der Waals surface area contributed by atoms with Crippen LogP contribution in [0.2, 0.25) is 0 Å². The van der Waals surface area contributed by atoms with Crippen LogP contribution in [-0.4, -0.2) is 23.8 Å². The number of hydrogen-bond donors (Lipinski definition) is 1. The predicted molar refractivity (Wildman–Crippen MR) is 60.1 cm³/mol. The van der Waals surface area contributed by atoms with E-state index in [1.807, 2.05) is 13.0 Å². The lowest BCUT2D eigenvalue weighted by atomic mass is 10.1. The third-order valence-electron chi connectivity index (χ3n) is 2.20. The van der Waals surface area contributed by atoms with Gasteiger partial charge in [-0.1, -0.05) is 6.07 Å². The molecule has 0 saturated carbocycles. The van der Waals surface area contributed by atoms with Crippen LogP contribution in [0.5, 0.6) is 11.5 Å². The van der Waals surface area contributed by atoms with Crippen molar-refractivity contribution in [3.8, 4) is 11.5 Å². The Morgan fingerprint density at radius 3 is 2.44 bits per heavy atom. The van der Waals surface area contributed by atoms with Crippen LogP contribution in [0.4, 0.5) is 0 Å². The van der Waals surface area contributed by atoms with Crippen molar-refractivity contribution >= 4 is 5.97 Å². The van der Waals surface area contributed by atoms with Crippen molar-refractivity contribution in [2.45, 2.75) is 26.4 Å². The summed E-state index contributed by atoms with van der Waals surface area (Å²) < 4.78 is 10.5. The Morgan fingerprint density at radius 2 is 1.94 bits per heavy atom. The zero-order valence-electron chi connectivity index (χ0n) is 9.90. The third-order valence-corrected chi connectivity index (χ3v) is 2.20. The molecule has 0 unspecified atom stereocenters. The molecule has 0 radical (unpaired) electrons. The second kappa shape index (κ2) is 4.43. The highest BCUT2D eigenvalue weighted by molar-refractivity contribution is 5.77. The van der Waals surface area contributed by atoms with Crippen LogP contribution in [-0.2, 0) is 4.79 Å². The van der Waals surface area contributed by atoms with Gasteiger partial charge in [0.05, 0.1) is 7.11 Å². The summed E-state index contributed by atoms with van der Waals surface area (Å²) in [6, 6.07) is 5.35. The molecule has 0 fully saturated rings. The molecule has 0 bridgehead atoms. The summed E-state index contributed by atoms with van der Waals surface area (Å²) in [5.74, 6) is -0.0510. The van der Waals surface area contributed by atoms with Crippen LogP contribution >= 0.6 is 0 Å². The number of ether oxygens (including phenoxy) is 2. The number of aryl methyl sites for hydroxylation is 1. The SMILES string of the molecule is COc1cc(C)ccc1OC(C)(C)C(=O)O. The van der Waals surface area contributed by atoms with Crippen molar-refractivity contribution in [1.29, 1.82) is 0 Å². The third kappa shape index (κ3) is 2.66. The molecule has 0 aliphatic rings. The summed E-state index contributed by atoms with van der Waals surface area (Å²) in [5.41, 5.74) is -0.250. The molecule has 4 nitrogen and oxygen atoms in total. The predicted octanol–water partition coefficient (Wildman–Crippen LogP) is 2.25. The molecule has 0 spiro atoms. The Balaban J connectivity index is 3.01. The largest absolute Gasteiger partial charge is 0.493 e. The Hall–Kier alpha value is -1.71. The minimum Gasteiger partial charge on any atom is -0.493 e. The monoisotopic (exact) mass is 224 g/mol. The van der Waals surface area contributed by atoms with Gasteiger partial charge in [0.25, 0.3) is 0 Å². The van der Waals surface area contributed by atoms with E-state index in [2.05, 4.69) is 0 Å². The quantitative estimate of drug-likeness (QED) is 0.852. The van der Waals surface area contributed by atoms with E-state index in [-0.39, 0.29) is 0 Å². The maximum atomic E-state index is 10.9. The van der Waals surface area contributed by atoms with Gasteiger partial charge in [-0.25, -0.2) is 4.79 Å². The van der Waals surface area contributed by atoms with Crippen molar-refractivity contribution < 1.29 is 19.4 Å². The highest BCUT2D eigenvalue weighted by Gasteiger charge is 2.30. The van der Waals surface area contributed by atoms with E-state index in [4.69, 9.17) is 14.6 Å². The van der Waals surface area contributed by atoms with E-state index in [0.29, 0.717) is 11.5 Å². The lowest BCUT2D eigenvalue weighted by Crippen LogP contribution is -2.37. The Bertz CT molecular complexity index is 396. The molecule has 0 atom stereocenters. The summed E-state index contributed by atoms with van der Waals surface area (Å²) in [6.45, 7) is 4.91. The van der Waals surface area contributed by atoms with Gasteiger partial charge >= 0.3 is 5.97 Å². The van der Waals surface area contributed by atoms with Crippen LogP contribution in [0.25, 0.3) is 0 Å². The number of carboxylic acids is 1. The lowest BCUT2D eigenvalue weighted by Gasteiger charge is -2.22. The molecule has 0 saturated heterocycles. The molecule has 88 valence electrons. The van der Waals surface area contributed by atoms with Crippen LogP contribution in [0.1, 0.15) is 19.4 Å². The van der Waals surface area contributed by atoms with Gasteiger partial charge in [-0.05, 0) is 38.5 Å². The number of aliphatic carboxylic acids is 1. The molecule has 0 aromatic heterocycles. The van der Waals surface area contributed by atoms with Crippen LogP contribution in [0.15, 0.2) is 18.2 Å². The minimum atomic E-state index is -1.28. The van der Waals surface area contributed by atoms with Crippen LogP contribution in [0.3, 0.4) is 0 Å². The molecule has 4 heteroatoms. The maximum Gasteiger partial charge on any atom is 0.347 e. The van der Waals surface area contributed by atoms with E-state index in [9.17, 15) is 4.79 Å². The molecule has 16 heavy (non-hydrogen) atoms. The number of hydrogen-bond acceptors (Lipinski definition) is 3. The average molecular weight is 224 g/mol. The number of rotatable bonds is 4. The number of methoxy groups -OCH3 is 1. The average Bonchev–Trinajstić information content (AvgIpc) is 2.20. The van der Waals surface area contributed by atoms with E-state index in [1.165, 1.54) is 21.0 Å². The smallest absolute Gasteiger partial charge is 0.347 e. The zero-order valence-corrected chi connectivity index (χ0v) is 9.90. The first-order chi connectivity index (χ1) is 7.36. The van der Waals surface area contributed by atoms with Crippen molar-refractivity contribution in [2.75, 3.05) is 7.11 Å². The Labute approximate surface area is 94.8 Å². The van der Waals surface area contributed by atoms with Gasteiger partial charge in [0.2, 0.25) is 0 Å². The topological polar surface area (TPSA) is 55.8 Å². The van der Waals surface area contributed by atoms with E-state index >= 15 is 0 Å². The Kier molecular flexibility index (Phi) is 3.42. The van der Waals surface area contributed by atoms with Crippen LogP contribution < -0.4 is 9.47 Å². The van der Waals surface area contributed by atoms with Gasteiger partial charge in [0.1, 0.15) is 0 Å². The fraction of sp³-hybridized carbons (Fsp3) is 0.417. The van der Waals surface area contributed by atoms with Gasteiger partial charge in [-0.2, -0.15) is 0 Å². The van der Waals surface area contributed by atoms with Crippen LogP contribution in [0, 0.1) is 6.92 Å². The van der Waals surface area contributed by atoms with E-state index < -0.39 is 11.6 Å². The molecular weight excluding hydrogens is 208 g/mol. The molecule has 0 amide bonds. The fourth-order valence-electron chi connectivity index (χ4n) is 1.18. The second-order valence-electron chi connectivity index (χ2n) is 4.07. The molecule has 0 aliphatic heterocycles. The van der Waals surface area contributed by atoms with Gasteiger partial charge in [0, 0.05) is 0 Å². The first kappa shape index (κ1) is 12.4.